The Morgan fingerprint density at radius 2 is 1.94 bits per heavy atom. The lowest BCUT2D eigenvalue weighted by atomic mass is 10.2. The van der Waals surface area contributed by atoms with Gasteiger partial charge in [0.1, 0.15) is 11.4 Å². The number of aromatic nitrogens is 1. The standard InChI is InChI=1S/C14H14N2O2/c1-10-3-2-4-13(16-10)14(18)15-9-11-5-7-12(17)8-6-11/h2-8,17H,9H2,1H3,(H,15,18). The largest absolute Gasteiger partial charge is 0.508 e. The highest BCUT2D eigenvalue weighted by molar-refractivity contribution is 5.92. The SMILES string of the molecule is Cc1cccc(C(=O)NCc2ccc(O)cc2)n1. The molecular weight excluding hydrogens is 228 g/mol. The van der Waals surface area contributed by atoms with Crippen LogP contribution in [-0.2, 0) is 6.54 Å². The van der Waals surface area contributed by atoms with Gasteiger partial charge < -0.3 is 10.4 Å². The molecule has 0 saturated heterocycles. The van der Waals surface area contributed by atoms with Crippen LogP contribution in [0.25, 0.3) is 0 Å². The molecule has 4 heteroatoms. The van der Waals surface area contributed by atoms with Crippen LogP contribution < -0.4 is 5.32 Å². The maximum Gasteiger partial charge on any atom is 0.270 e. The number of phenols is 1. The minimum Gasteiger partial charge on any atom is -0.508 e. The van der Waals surface area contributed by atoms with Crippen LogP contribution in [0.5, 0.6) is 5.75 Å². The van der Waals surface area contributed by atoms with Crippen molar-refractivity contribution in [3.05, 3.63) is 59.4 Å². The van der Waals surface area contributed by atoms with Crippen molar-refractivity contribution in [3.8, 4) is 5.75 Å². The first-order chi connectivity index (χ1) is 8.65. The Balaban J connectivity index is 1.98. The third kappa shape index (κ3) is 3.07. The molecule has 1 aromatic carbocycles. The number of benzene rings is 1. The molecule has 0 bridgehead atoms. The van der Waals surface area contributed by atoms with E-state index in [9.17, 15) is 4.79 Å². The molecule has 2 N–H and O–H groups in total. The summed E-state index contributed by atoms with van der Waals surface area (Å²) in [5.74, 6) is 0.0113. The Labute approximate surface area is 105 Å². The van der Waals surface area contributed by atoms with Crippen LogP contribution in [-0.4, -0.2) is 16.0 Å². The molecule has 0 saturated carbocycles. The Kier molecular flexibility index (Phi) is 3.57. The van der Waals surface area contributed by atoms with Crippen molar-refractivity contribution in [1.82, 2.24) is 10.3 Å². The molecule has 4 nitrogen and oxygen atoms in total. The van der Waals surface area contributed by atoms with E-state index in [4.69, 9.17) is 5.11 Å². The predicted octanol–water partition coefficient (Wildman–Crippen LogP) is 2.03. The average Bonchev–Trinajstić information content (AvgIpc) is 2.38. The fraction of sp³-hybridized carbons (Fsp3) is 0.143. The van der Waals surface area contributed by atoms with Crippen molar-refractivity contribution in [3.63, 3.8) is 0 Å². The quantitative estimate of drug-likeness (QED) is 0.865. The molecular formula is C14H14N2O2. The summed E-state index contributed by atoms with van der Waals surface area (Å²) >= 11 is 0. The Hall–Kier alpha value is -2.36. The van der Waals surface area contributed by atoms with E-state index in [0.29, 0.717) is 12.2 Å². The minimum absolute atomic E-state index is 0.202. The van der Waals surface area contributed by atoms with Gasteiger partial charge in [0.05, 0.1) is 0 Å². The summed E-state index contributed by atoms with van der Waals surface area (Å²) in [6, 6.07) is 12.0. The molecule has 0 radical (unpaired) electrons. The topological polar surface area (TPSA) is 62.2 Å². The molecule has 0 aliphatic carbocycles. The fourth-order valence-electron chi connectivity index (χ4n) is 1.56. The second-order valence-corrected chi connectivity index (χ2v) is 4.01. The zero-order chi connectivity index (χ0) is 13.0. The number of hydrogen-bond donors (Lipinski definition) is 2. The van der Waals surface area contributed by atoms with Crippen molar-refractivity contribution in [1.29, 1.82) is 0 Å². The molecule has 1 heterocycles. The predicted molar refractivity (Wildman–Crippen MR) is 68.3 cm³/mol. The van der Waals surface area contributed by atoms with E-state index in [0.717, 1.165) is 11.3 Å². The number of rotatable bonds is 3. The van der Waals surface area contributed by atoms with Crippen LogP contribution in [0.2, 0.25) is 0 Å². The summed E-state index contributed by atoms with van der Waals surface area (Å²) in [6.07, 6.45) is 0. The highest BCUT2D eigenvalue weighted by atomic mass is 16.3. The third-order valence-corrected chi connectivity index (χ3v) is 2.51. The number of hydrogen-bond acceptors (Lipinski definition) is 3. The van der Waals surface area contributed by atoms with Crippen LogP contribution >= 0.6 is 0 Å². The summed E-state index contributed by atoms with van der Waals surface area (Å²) < 4.78 is 0. The van der Waals surface area contributed by atoms with Gasteiger partial charge >= 0.3 is 0 Å². The third-order valence-electron chi connectivity index (χ3n) is 2.51. The summed E-state index contributed by atoms with van der Waals surface area (Å²) in [5.41, 5.74) is 2.15. The fourth-order valence-corrected chi connectivity index (χ4v) is 1.56. The van der Waals surface area contributed by atoms with Gasteiger partial charge in [-0.1, -0.05) is 18.2 Å². The number of phenolic OH excluding ortho intramolecular Hbond substituents is 1. The van der Waals surface area contributed by atoms with Gasteiger partial charge in [0, 0.05) is 12.2 Å². The number of nitrogens with zero attached hydrogens (tertiary/aromatic N) is 1. The lowest BCUT2D eigenvalue weighted by molar-refractivity contribution is 0.0945. The van der Waals surface area contributed by atoms with Crippen molar-refractivity contribution in [2.75, 3.05) is 0 Å². The Morgan fingerprint density at radius 1 is 1.22 bits per heavy atom. The molecule has 2 aromatic rings. The van der Waals surface area contributed by atoms with E-state index in [2.05, 4.69) is 10.3 Å². The minimum atomic E-state index is -0.202. The number of pyridine rings is 1. The van der Waals surface area contributed by atoms with E-state index in [-0.39, 0.29) is 11.7 Å². The van der Waals surface area contributed by atoms with Crippen molar-refractivity contribution in [2.45, 2.75) is 13.5 Å². The van der Waals surface area contributed by atoms with Crippen molar-refractivity contribution < 1.29 is 9.90 Å². The van der Waals surface area contributed by atoms with E-state index in [1.165, 1.54) is 0 Å². The van der Waals surface area contributed by atoms with Crippen LogP contribution in [0.3, 0.4) is 0 Å². The van der Waals surface area contributed by atoms with Crippen LogP contribution in [0.1, 0.15) is 21.7 Å². The summed E-state index contributed by atoms with van der Waals surface area (Å²) in [5, 5.41) is 11.9. The van der Waals surface area contributed by atoms with E-state index in [1.54, 1.807) is 36.4 Å². The normalized spacial score (nSPS) is 10.1. The molecule has 0 spiro atoms. The van der Waals surface area contributed by atoms with E-state index < -0.39 is 0 Å². The number of carbonyl (C=O) groups is 1. The second-order valence-electron chi connectivity index (χ2n) is 4.01. The van der Waals surface area contributed by atoms with Crippen LogP contribution in [0.4, 0.5) is 0 Å². The summed E-state index contributed by atoms with van der Waals surface area (Å²) in [4.78, 5) is 16.0. The molecule has 18 heavy (non-hydrogen) atoms. The molecule has 2 rings (SSSR count). The Morgan fingerprint density at radius 3 is 2.61 bits per heavy atom. The van der Waals surface area contributed by atoms with Gasteiger partial charge in [-0.2, -0.15) is 0 Å². The lowest BCUT2D eigenvalue weighted by Gasteiger charge is -2.05. The van der Waals surface area contributed by atoms with Crippen LogP contribution in [0.15, 0.2) is 42.5 Å². The average molecular weight is 242 g/mol. The monoisotopic (exact) mass is 242 g/mol. The number of nitrogens with one attached hydrogen (secondary N) is 1. The van der Waals surface area contributed by atoms with E-state index in [1.807, 2.05) is 13.0 Å². The van der Waals surface area contributed by atoms with Gasteiger partial charge in [-0.05, 0) is 36.8 Å². The smallest absolute Gasteiger partial charge is 0.270 e. The first-order valence-electron chi connectivity index (χ1n) is 5.65. The van der Waals surface area contributed by atoms with Gasteiger partial charge in [-0.15, -0.1) is 0 Å². The molecule has 0 aliphatic rings. The summed E-state index contributed by atoms with van der Waals surface area (Å²) in [7, 11) is 0. The number of aromatic hydroxyl groups is 1. The molecule has 0 fully saturated rings. The highest BCUT2D eigenvalue weighted by Crippen LogP contribution is 2.09. The van der Waals surface area contributed by atoms with E-state index >= 15 is 0 Å². The summed E-state index contributed by atoms with van der Waals surface area (Å²) in [6.45, 7) is 2.26. The number of carbonyl (C=O) groups excluding carboxylic acids is 1. The first-order valence-corrected chi connectivity index (χ1v) is 5.65. The number of aryl methyl sites for hydroxylation is 1. The first kappa shape index (κ1) is 12.1. The Bertz CT molecular complexity index is 550. The van der Waals surface area contributed by atoms with Crippen molar-refractivity contribution in [2.24, 2.45) is 0 Å². The molecule has 1 amide bonds. The molecule has 1 aromatic heterocycles. The maximum absolute atomic E-state index is 11.8. The van der Waals surface area contributed by atoms with Gasteiger partial charge in [-0.25, -0.2) is 4.98 Å². The molecule has 0 aliphatic heterocycles. The van der Waals surface area contributed by atoms with Gasteiger partial charge in [0.25, 0.3) is 5.91 Å². The van der Waals surface area contributed by atoms with Gasteiger partial charge in [0.15, 0.2) is 0 Å². The molecule has 0 atom stereocenters. The van der Waals surface area contributed by atoms with Crippen LogP contribution in [0, 0.1) is 6.92 Å². The molecule has 92 valence electrons. The number of amides is 1. The maximum atomic E-state index is 11.8. The zero-order valence-corrected chi connectivity index (χ0v) is 10.1. The van der Waals surface area contributed by atoms with Gasteiger partial charge in [-0.3, -0.25) is 4.79 Å². The molecule has 0 unspecified atom stereocenters. The lowest BCUT2D eigenvalue weighted by Crippen LogP contribution is -2.23. The highest BCUT2D eigenvalue weighted by Gasteiger charge is 2.06. The second kappa shape index (κ2) is 5.31. The van der Waals surface area contributed by atoms with Gasteiger partial charge in [0.2, 0.25) is 0 Å². The van der Waals surface area contributed by atoms with Crippen molar-refractivity contribution >= 4 is 5.91 Å². The zero-order valence-electron chi connectivity index (χ0n) is 10.1.